The summed E-state index contributed by atoms with van der Waals surface area (Å²) in [6.45, 7) is 50.8. The minimum absolute atomic E-state index is 0. The standard InChI is InChI=1S/C9H16O.3C6H18NSi2.U/c1-8(2,3)6-7-9(4,5)10;3*1-8(2,3)7-9(4,5)6;/h10H,1-5H3;3*1-6H3;/q;3*-1;+3. The summed E-state index contributed by atoms with van der Waals surface area (Å²) in [7, 11) is -6.64. The molecule has 0 aliphatic heterocycles. The first-order valence-corrected chi connectivity index (χ1v) is 34.5. The molecule has 0 bridgehead atoms. The van der Waals surface area contributed by atoms with Gasteiger partial charge in [0.2, 0.25) is 0 Å². The van der Waals surface area contributed by atoms with Gasteiger partial charge in [-0.1, -0.05) is 179 Å². The van der Waals surface area contributed by atoms with Gasteiger partial charge in [-0.25, -0.2) is 0 Å². The minimum Gasteiger partial charge on any atom is -0.668 e. The van der Waals surface area contributed by atoms with E-state index in [2.05, 4.69) is 130 Å². The van der Waals surface area contributed by atoms with Gasteiger partial charge in [-0.05, 0) is 34.6 Å². The molecule has 0 amide bonds. The first kappa shape index (κ1) is 49.4. The van der Waals surface area contributed by atoms with E-state index < -0.39 is 55.0 Å². The van der Waals surface area contributed by atoms with Crippen LogP contribution >= 0.6 is 0 Å². The van der Waals surface area contributed by atoms with Crippen molar-refractivity contribution in [3.05, 3.63) is 13.9 Å². The molecule has 0 fully saturated rings. The first-order chi connectivity index (χ1) is 15.3. The van der Waals surface area contributed by atoms with Gasteiger partial charge in [0.05, 0.1) is 0 Å². The van der Waals surface area contributed by atoms with Crippen LogP contribution in [0.3, 0.4) is 0 Å². The molecule has 11 heteroatoms. The van der Waals surface area contributed by atoms with Crippen LogP contribution in [0.5, 0.6) is 0 Å². The van der Waals surface area contributed by atoms with E-state index in [0.717, 1.165) is 0 Å². The molecule has 38 heavy (non-hydrogen) atoms. The molecule has 0 aromatic carbocycles. The first-order valence-electron chi connectivity index (χ1n) is 13.8. The average molecular weight is 859 g/mol. The summed E-state index contributed by atoms with van der Waals surface area (Å²) in [6, 6.07) is 0. The van der Waals surface area contributed by atoms with E-state index in [0.29, 0.717) is 0 Å². The van der Waals surface area contributed by atoms with Crippen molar-refractivity contribution in [2.24, 2.45) is 5.41 Å². The van der Waals surface area contributed by atoms with Gasteiger partial charge in [-0.2, -0.15) is 0 Å². The largest absolute Gasteiger partial charge is 3.00 e. The Morgan fingerprint density at radius 1 is 0.395 bits per heavy atom. The van der Waals surface area contributed by atoms with Crippen molar-refractivity contribution in [3.63, 3.8) is 0 Å². The van der Waals surface area contributed by atoms with Crippen LogP contribution in [0, 0.1) is 48.4 Å². The maximum Gasteiger partial charge on any atom is 3.00 e. The van der Waals surface area contributed by atoms with Gasteiger partial charge in [0, 0.05) is 5.41 Å². The van der Waals surface area contributed by atoms with E-state index in [1.54, 1.807) is 13.8 Å². The van der Waals surface area contributed by atoms with Gasteiger partial charge >= 0.3 is 31.1 Å². The number of hydrogen-bond acceptors (Lipinski definition) is 1. The van der Waals surface area contributed by atoms with E-state index in [1.807, 2.05) is 20.8 Å². The molecule has 0 aliphatic carbocycles. The molecule has 1 N–H and O–H groups in total. The summed E-state index contributed by atoms with van der Waals surface area (Å²) in [5.41, 5.74) is -0.868. The quantitative estimate of drug-likeness (QED) is 0.210. The summed E-state index contributed by atoms with van der Waals surface area (Å²) in [6.07, 6.45) is 0. The van der Waals surface area contributed by atoms with Gasteiger partial charge in [-0.3, -0.25) is 0 Å². The van der Waals surface area contributed by atoms with Gasteiger partial charge in [0.25, 0.3) is 0 Å². The zero-order valence-corrected chi connectivity index (χ0v) is 40.5. The van der Waals surface area contributed by atoms with Crippen molar-refractivity contribution >= 4 is 49.4 Å². The third kappa shape index (κ3) is 71.3. The van der Waals surface area contributed by atoms with Gasteiger partial charge < -0.3 is 19.1 Å². The van der Waals surface area contributed by atoms with E-state index >= 15 is 0 Å². The normalized spacial score (nSPS) is 13.2. The fourth-order valence-electron chi connectivity index (χ4n) is 3.36. The third-order valence-electron chi connectivity index (χ3n) is 2.76. The van der Waals surface area contributed by atoms with Crippen LogP contribution in [-0.4, -0.2) is 60.1 Å². The molecule has 227 valence electrons. The van der Waals surface area contributed by atoms with E-state index in [9.17, 15) is 5.11 Å². The average Bonchev–Trinajstić information content (AvgIpc) is 2.32. The minimum atomic E-state index is -1.11. The topological polar surface area (TPSA) is 62.5 Å². The summed E-state index contributed by atoms with van der Waals surface area (Å²) in [4.78, 5) is 0. The van der Waals surface area contributed by atoms with Crippen molar-refractivity contribution in [1.29, 1.82) is 0 Å². The maximum atomic E-state index is 9.21. The van der Waals surface area contributed by atoms with Crippen molar-refractivity contribution < 1.29 is 36.2 Å². The van der Waals surface area contributed by atoms with Crippen LogP contribution in [0.4, 0.5) is 0 Å². The van der Waals surface area contributed by atoms with E-state index in [-0.39, 0.29) is 36.5 Å². The van der Waals surface area contributed by atoms with Crippen LogP contribution in [0.1, 0.15) is 34.6 Å². The van der Waals surface area contributed by atoms with Gasteiger partial charge in [-0.15, -0.1) is 0 Å². The number of aliphatic hydroxyl groups is 1. The predicted octanol–water partition coefficient (Wildman–Crippen LogP) is 10.9. The molecule has 0 aromatic rings. The Bertz CT molecular complexity index is 553. The van der Waals surface area contributed by atoms with E-state index in [4.69, 9.17) is 13.9 Å². The molecule has 0 spiro atoms. The van der Waals surface area contributed by atoms with Gasteiger partial charge in [0.1, 0.15) is 5.60 Å². The van der Waals surface area contributed by atoms with Crippen LogP contribution in [0.2, 0.25) is 118 Å². The Morgan fingerprint density at radius 2 is 0.553 bits per heavy atom. The Morgan fingerprint density at radius 3 is 0.579 bits per heavy atom. The fraction of sp³-hybridized carbons (Fsp3) is 0.926. The molecule has 1 radical (unpaired) electrons. The van der Waals surface area contributed by atoms with Gasteiger partial charge in [0.15, 0.2) is 0 Å². The van der Waals surface area contributed by atoms with Crippen molar-refractivity contribution in [2.45, 2.75) is 158 Å². The molecule has 0 saturated heterocycles. The molecule has 0 unspecified atom stereocenters. The summed E-state index contributed by atoms with van der Waals surface area (Å²) < 4.78 is 14.5. The molecule has 0 heterocycles. The van der Waals surface area contributed by atoms with Crippen LogP contribution < -0.4 is 0 Å². The fourth-order valence-corrected chi connectivity index (χ4v) is 27.5. The summed E-state index contributed by atoms with van der Waals surface area (Å²) in [5, 5.41) is 9.21. The number of rotatable bonds is 6. The summed E-state index contributed by atoms with van der Waals surface area (Å²) >= 11 is 0. The SMILES string of the molecule is CC(C)(C)C#CC(C)(C)O.C[Si](C)(C)[N-][Si](C)(C)C.C[Si](C)(C)[N-][Si](C)(C)C.C[Si](C)(C)[N-][Si](C)(C)C.[U+3]. The molecular weight excluding hydrogens is 789 g/mol. The Kier molecular flexibility index (Phi) is 24.0. The van der Waals surface area contributed by atoms with Crippen molar-refractivity contribution in [2.75, 3.05) is 0 Å². The van der Waals surface area contributed by atoms with E-state index in [1.165, 1.54) is 0 Å². The molecule has 0 aromatic heterocycles. The zero-order chi connectivity index (χ0) is 31.5. The molecule has 0 rings (SSSR count). The smallest absolute Gasteiger partial charge is 0.668 e. The zero-order valence-electron chi connectivity index (χ0n) is 30.3. The monoisotopic (exact) mass is 858 g/mol. The van der Waals surface area contributed by atoms with Crippen LogP contribution in [0.25, 0.3) is 13.9 Å². The molecule has 0 saturated carbocycles. The maximum absolute atomic E-state index is 9.21. The van der Waals surface area contributed by atoms with Crippen molar-refractivity contribution in [1.82, 2.24) is 0 Å². The third-order valence-corrected chi connectivity index (χ3v) is 18.9. The second-order valence-corrected chi connectivity index (χ2v) is 46.2. The molecule has 0 atom stereocenters. The second-order valence-electron chi connectivity index (χ2n) is 17.4. The number of hydrogen-bond donors (Lipinski definition) is 1. The Hall–Kier alpha value is 1.75. The Labute approximate surface area is 272 Å². The molecular formula is C27H70N3OSi6U. The molecule has 4 nitrogen and oxygen atoms in total. The van der Waals surface area contributed by atoms with Crippen LogP contribution in [0.15, 0.2) is 0 Å². The Balaban J connectivity index is -0.000000126. The predicted molar refractivity (Wildman–Crippen MR) is 194 cm³/mol. The number of nitrogens with zero attached hydrogens (tertiary/aromatic N) is 3. The van der Waals surface area contributed by atoms with Crippen molar-refractivity contribution in [3.8, 4) is 11.8 Å². The second kappa shape index (κ2) is 18.4. The molecule has 0 aliphatic rings. The summed E-state index contributed by atoms with van der Waals surface area (Å²) in [5.74, 6) is 5.73. The van der Waals surface area contributed by atoms with Crippen LogP contribution in [-0.2, 0) is 0 Å².